The van der Waals surface area contributed by atoms with Crippen LogP contribution < -0.4 is 10.1 Å². The summed E-state index contributed by atoms with van der Waals surface area (Å²) in [7, 11) is 0. The van der Waals surface area contributed by atoms with Crippen LogP contribution in [0.25, 0.3) is 0 Å². The number of anilines is 1. The maximum Gasteiger partial charge on any atom is 0.311 e. The number of likely N-dealkylation sites (tertiary alicyclic amines) is 1. The molecule has 1 aliphatic heterocycles. The molecule has 0 spiro atoms. The van der Waals surface area contributed by atoms with Crippen molar-refractivity contribution in [1.29, 1.82) is 0 Å². The number of hydrogen-bond acceptors (Lipinski definition) is 5. The van der Waals surface area contributed by atoms with Gasteiger partial charge in [0.15, 0.2) is 0 Å². The Hall–Kier alpha value is -3.35. The monoisotopic (exact) mass is 424 g/mol. The van der Waals surface area contributed by atoms with Gasteiger partial charge in [-0.15, -0.1) is 0 Å². The number of rotatable bonds is 7. The molecule has 2 atom stereocenters. The molecule has 1 fully saturated rings. The molecule has 2 aromatic carbocycles. The maximum atomic E-state index is 13.2. The summed E-state index contributed by atoms with van der Waals surface area (Å²) in [4.78, 5) is 39.4. The van der Waals surface area contributed by atoms with Crippen molar-refractivity contribution in [2.75, 3.05) is 25.0 Å². The first kappa shape index (κ1) is 22.3. The first-order valence-electron chi connectivity index (χ1n) is 10.5. The van der Waals surface area contributed by atoms with Crippen molar-refractivity contribution in [2.45, 2.75) is 32.8 Å². The van der Waals surface area contributed by atoms with Gasteiger partial charge in [0.1, 0.15) is 5.75 Å². The van der Waals surface area contributed by atoms with E-state index in [0.717, 1.165) is 6.42 Å². The molecule has 2 amide bonds. The van der Waals surface area contributed by atoms with Crippen molar-refractivity contribution in [3.63, 3.8) is 0 Å². The van der Waals surface area contributed by atoms with E-state index in [1.165, 1.54) is 6.92 Å². The van der Waals surface area contributed by atoms with E-state index in [9.17, 15) is 14.4 Å². The third kappa shape index (κ3) is 5.84. The molecule has 7 heteroatoms. The van der Waals surface area contributed by atoms with Crippen molar-refractivity contribution < 1.29 is 23.9 Å². The molecule has 164 valence electrons. The van der Waals surface area contributed by atoms with E-state index in [-0.39, 0.29) is 5.91 Å². The molecule has 7 nitrogen and oxygen atoms in total. The number of ether oxygens (including phenoxy) is 2. The Morgan fingerprint density at radius 2 is 1.81 bits per heavy atom. The SMILES string of the molecule is CCOc1ccccc1NC(=O)[C@H](OC(=O)[C@@H]1CCCN(C(C)=O)C1)c1ccccc1. The van der Waals surface area contributed by atoms with Gasteiger partial charge in [0.2, 0.25) is 12.0 Å². The molecule has 31 heavy (non-hydrogen) atoms. The highest BCUT2D eigenvalue weighted by atomic mass is 16.5. The molecule has 0 bridgehead atoms. The second-order valence-electron chi connectivity index (χ2n) is 7.45. The van der Waals surface area contributed by atoms with Crippen molar-refractivity contribution in [1.82, 2.24) is 4.90 Å². The Morgan fingerprint density at radius 3 is 2.52 bits per heavy atom. The van der Waals surface area contributed by atoms with Gasteiger partial charge in [-0.3, -0.25) is 14.4 Å². The van der Waals surface area contributed by atoms with Crippen molar-refractivity contribution in [2.24, 2.45) is 5.92 Å². The van der Waals surface area contributed by atoms with Crippen LogP contribution in [-0.4, -0.2) is 42.4 Å². The Kier molecular flexibility index (Phi) is 7.65. The lowest BCUT2D eigenvalue weighted by Gasteiger charge is -2.31. The van der Waals surface area contributed by atoms with E-state index in [2.05, 4.69) is 5.32 Å². The van der Waals surface area contributed by atoms with Gasteiger partial charge in [-0.1, -0.05) is 42.5 Å². The third-order valence-corrected chi connectivity index (χ3v) is 5.22. The molecule has 1 saturated heterocycles. The standard InChI is InChI=1S/C24H28N2O5/c1-3-30-21-14-8-7-13-20(21)25-23(28)22(18-10-5-4-6-11-18)31-24(29)19-12-9-15-26(16-19)17(2)27/h4-8,10-11,13-14,19,22H,3,9,12,15-16H2,1-2H3,(H,25,28)/t19-,22-/m1/s1. The van der Waals surface area contributed by atoms with Crippen LogP contribution in [0.4, 0.5) is 5.69 Å². The predicted molar refractivity (Wildman–Crippen MR) is 116 cm³/mol. The molecule has 1 N–H and O–H groups in total. The minimum atomic E-state index is -1.11. The van der Waals surface area contributed by atoms with E-state index in [1.54, 1.807) is 47.4 Å². The van der Waals surface area contributed by atoms with Crippen LogP contribution in [0.3, 0.4) is 0 Å². The van der Waals surface area contributed by atoms with Gasteiger partial charge < -0.3 is 19.7 Å². The topological polar surface area (TPSA) is 84.9 Å². The van der Waals surface area contributed by atoms with Gasteiger partial charge >= 0.3 is 5.97 Å². The predicted octanol–water partition coefficient (Wildman–Crippen LogP) is 3.57. The highest BCUT2D eigenvalue weighted by Crippen LogP contribution is 2.28. The minimum absolute atomic E-state index is 0.0672. The normalized spacial score (nSPS) is 16.8. The summed E-state index contributed by atoms with van der Waals surface area (Å²) in [5, 5.41) is 2.82. The highest BCUT2D eigenvalue weighted by molar-refractivity contribution is 5.97. The summed E-state index contributed by atoms with van der Waals surface area (Å²) in [6.07, 6.45) is 0.235. The van der Waals surface area contributed by atoms with E-state index in [0.29, 0.717) is 43.1 Å². The Labute approximate surface area is 182 Å². The van der Waals surface area contributed by atoms with Crippen LogP contribution >= 0.6 is 0 Å². The zero-order valence-corrected chi connectivity index (χ0v) is 17.9. The summed E-state index contributed by atoms with van der Waals surface area (Å²) in [6, 6.07) is 16.0. The number of amides is 2. The van der Waals surface area contributed by atoms with Crippen LogP contribution in [0.1, 0.15) is 38.4 Å². The average Bonchev–Trinajstić information content (AvgIpc) is 2.79. The number of carbonyl (C=O) groups is 3. The second-order valence-corrected chi connectivity index (χ2v) is 7.45. The number of nitrogens with zero attached hydrogens (tertiary/aromatic N) is 1. The van der Waals surface area contributed by atoms with Crippen LogP contribution in [-0.2, 0) is 19.1 Å². The second kappa shape index (κ2) is 10.6. The summed E-state index contributed by atoms with van der Waals surface area (Å²) in [5.41, 5.74) is 1.08. The summed E-state index contributed by atoms with van der Waals surface area (Å²) in [5.74, 6) is -0.922. The van der Waals surface area contributed by atoms with E-state index in [1.807, 2.05) is 19.1 Å². The van der Waals surface area contributed by atoms with Gasteiger partial charge in [0, 0.05) is 25.6 Å². The lowest BCUT2D eigenvalue weighted by Crippen LogP contribution is -2.42. The quantitative estimate of drug-likeness (QED) is 0.687. The fourth-order valence-corrected chi connectivity index (χ4v) is 3.62. The lowest BCUT2D eigenvalue weighted by molar-refractivity contribution is -0.161. The number of carbonyl (C=O) groups excluding carboxylic acids is 3. The Morgan fingerprint density at radius 1 is 1.10 bits per heavy atom. The third-order valence-electron chi connectivity index (χ3n) is 5.22. The zero-order valence-electron chi connectivity index (χ0n) is 17.9. The van der Waals surface area contributed by atoms with Gasteiger partial charge in [-0.25, -0.2) is 0 Å². The van der Waals surface area contributed by atoms with Gasteiger partial charge in [0.25, 0.3) is 5.91 Å². The average molecular weight is 424 g/mol. The van der Waals surface area contributed by atoms with Gasteiger partial charge in [-0.05, 0) is 31.9 Å². The van der Waals surface area contributed by atoms with Crippen molar-refractivity contribution >= 4 is 23.5 Å². The largest absolute Gasteiger partial charge is 0.492 e. The molecule has 0 saturated carbocycles. The van der Waals surface area contributed by atoms with Crippen molar-refractivity contribution in [3.05, 3.63) is 60.2 Å². The first-order valence-corrected chi connectivity index (χ1v) is 10.5. The van der Waals surface area contributed by atoms with Gasteiger partial charge in [-0.2, -0.15) is 0 Å². The Balaban J connectivity index is 1.78. The van der Waals surface area contributed by atoms with Crippen LogP contribution in [0.2, 0.25) is 0 Å². The molecule has 0 aliphatic carbocycles. The molecular formula is C24H28N2O5. The number of benzene rings is 2. The zero-order chi connectivity index (χ0) is 22.2. The minimum Gasteiger partial charge on any atom is -0.492 e. The number of hydrogen-bond donors (Lipinski definition) is 1. The molecule has 2 aromatic rings. The molecule has 3 rings (SSSR count). The summed E-state index contributed by atoms with van der Waals surface area (Å²) < 4.78 is 11.3. The molecule has 1 aliphatic rings. The molecule has 0 aromatic heterocycles. The number of para-hydroxylation sites is 2. The van der Waals surface area contributed by atoms with Gasteiger partial charge in [0.05, 0.1) is 18.2 Å². The summed E-state index contributed by atoms with van der Waals surface area (Å²) >= 11 is 0. The maximum absolute atomic E-state index is 13.2. The fraction of sp³-hybridized carbons (Fsp3) is 0.375. The van der Waals surface area contributed by atoms with Crippen molar-refractivity contribution in [3.8, 4) is 5.75 Å². The number of piperidine rings is 1. The molecular weight excluding hydrogens is 396 g/mol. The highest BCUT2D eigenvalue weighted by Gasteiger charge is 2.33. The fourth-order valence-electron chi connectivity index (χ4n) is 3.62. The number of esters is 1. The Bertz CT molecular complexity index is 915. The lowest BCUT2D eigenvalue weighted by atomic mass is 9.98. The number of nitrogens with one attached hydrogen (secondary N) is 1. The van der Waals surface area contributed by atoms with E-state index >= 15 is 0 Å². The van der Waals surface area contributed by atoms with Crippen LogP contribution in [0.5, 0.6) is 5.75 Å². The summed E-state index contributed by atoms with van der Waals surface area (Å²) in [6.45, 7) is 4.75. The first-order chi connectivity index (χ1) is 15.0. The smallest absolute Gasteiger partial charge is 0.311 e. The van der Waals surface area contributed by atoms with E-state index in [4.69, 9.17) is 9.47 Å². The van der Waals surface area contributed by atoms with Crippen LogP contribution in [0.15, 0.2) is 54.6 Å². The van der Waals surface area contributed by atoms with Crippen LogP contribution in [0, 0.1) is 5.92 Å². The molecule has 0 unspecified atom stereocenters. The molecule has 0 radical (unpaired) electrons. The molecule has 1 heterocycles. The van der Waals surface area contributed by atoms with E-state index < -0.39 is 23.9 Å².